The fourth-order valence-corrected chi connectivity index (χ4v) is 3.75. The maximum absolute atomic E-state index is 12.7. The molecule has 1 aliphatic heterocycles. The Hall–Kier alpha value is -2.58. The Morgan fingerprint density at radius 3 is 2.81 bits per heavy atom. The first-order valence-electron chi connectivity index (χ1n) is 8.25. The second-order valence-electron chi connectivity index (χ2n) is 5.74. The van der Waals surface area contributed by atoms with Gasteiger partial charge in [0.1, 0.15) is 15.8 Å². The molecule has 3 rings (SSSR count). The van der Waals surface area contributed by atoms with Crippen LogP contribution in [0.3, 0.4) is 0 Å². The number of hydrogen-bond donors (Lipinski definition) is 1. The van der Waals surface area contributed by atoms with E-state index in [0.717, 1.165) is 0 Å². The van der Waals surface area contributed by atoms with Crippen molar-refractivity contribution in [3.63, 3.8) is 0 Å². The van der Waals surface area contributed by atoms with E-state index in [1.165, 1.54) is 16.7 Å². The molecule has 1 amide bonds. The minimum atomic E-state index is -1.03. The Balaban J connectivity index is 1.83. The number of thioether (sulfide) groups is 1. The third-order valence-corrected chi connectivity index (χ3v) is 5.27. The van der Waals surface area contributed by atoms with Gasteiger partial charge in [0.15, 0.2) is 6.10 Å². The summed E-state index contributed by atoms with van der Waals surface area (Å²) in [4.78, 5) is 25.9. The molecule has 1 aromatic carbocycles. The van der Waals surface area contributed by atoms with Crippen LogP contribution in [0.5, 0.6) is 5.75 Å². The molecule has 0 radical (unpaired) electrons. The average Bonchev–Trinajstić information content (AvgIpc) is 3.25. The molecule has 1 unspecified atom stereocenters. The van der Waals surface area contributed by atoms with Crippen molar-refractivity contribution in [3.8, 4) is 5.75 Å². The number of para-hydroxylation sites is 1. The van der Waals surface area contributed by atoms with Gasteiger partial charge in [-0.25, -0.2) is 4.79 Å². The lowest BCUT2D eigenvalue weighted by molar-refractivity contribution is -0.145. The number of carbonyl (C=O) groups is 2. The lowest BCUT2D eigenvalue weighted by atomic mass is 10.1. The number of carboxylic acids is 1. The van der Waals surface area contributed by atoms with E-state index >= 15 is 0 Å². The van der Waals surface area contributed by atoms with Gasteiger partial charge in [-0.1, -0.05) is 49.1 Å². The summed E-state index contributed by atoms with van der Waals surface area (Å²) >= 11 is 6.51. The van der Waals surface area contributed by atoms with Crippen molar-refractivity contribution >= 4 is 46.3 Å². The molecule has 1 saturated heterocycles. The number of carboxylic acid groups (broad SMARTS) is 1. The Bertz CT molecular complexity index is 891. The summed E-state index contributed by atoms with van der Waals surface area (Å²) in [6.07, 6.45) is 2.59. The van der Waals surface area contributed by atoms with Gasteiger partial charge in [-0.05, 0) is 30.7 Å². The van der Waals surface area contributed by atoms with Gasteiger partial charge < -0.3 is 14.3 Å². The molecule has 8 heteroatoms. The standard InChI is InChI=1S/C19H17NO5S2/c1-2-14(18(22)23)25-15-8-4-3-6-12(15)10-16-17(21)20(19(26)27-16)11-13-7-5-9-24-13/h3-10,14H,2,11H2,1H3,(H,22,23)/b16-10+. The van der Waals surface area contributed by atoms with Gasteiger partial charge in [0, 0.05) is 5.56 Å². The Morgan fingerprint density at radius 1 is 1.37 bits per heavy atom. The molecule has 0 saturated carbocycles. The zero-order valence-corrected chi connectivity index (χ0v) is 16.1. The molecule has 6 nitrogen and oxygen atoms in total. The maximum Gasteiger partial charge on any atom is 0.344 e. The molecule has 0 aliphatic carbocycles. The Morgan fingerprint density at radius 2 is 2.15 bits per heavy atom. The summed E-state index contributed by atoms with van der Waals surface area (Å²) in [6.45, 7) is 2.01. The minimum Gasteiger partial charge on any atom is -0.479 e. The molecule has 1 fully saturated rings. The van der Waals surface area contributed by atoms with E-state index in [-0.39, 0.29) is 12.5 Å². The van der Waals surface area contributed by atoms with Crippen LogP contribution in [0.25, 0.3) is 6.08 Å². The molecular formula is C19H17NO5S2. The number of hydrogen-bond acceptors (Lipinski definition) is 6. The first kappa shape index (κ1) is 19.2. The summed E-state index contributed by atoms with van der Waals surface area (Å²) < 4.78 is 11.3. The van der Waals surface area contributed by atoms with Crippen molar-refractivity contribution in [1.29, 1.82) is 0 Å². The molecule has 0 bridgehead atoms. The topological polar surface area (TPSA) is 80.0 Å². The largest absolute Gasteiger partial charge is 0.479 e. The SMILES string of the molecule is CCC(Oc1ccccc1/C=C1/SC(=S)N(Cc2ccco2)C1=O)C(=O)O. The highest BCUT2D eigenvalue weighted by Gasteiger charge is 2.33. The van der Waals surface area contributed by atoms with E-state index in [1.807, 2.05) is 0 Å². The number of rotatable bonds is 7. The van der Waals surface area contributed by atoms with Crippen LogP contribution >= 0.6 is 24.0 Å². The van der Waals surface area contributed by atoms with Crippen molar-refractivity contribution in [2.45, 2.75) is 26.0 Å². The molecule has 1 aliphatic rings. The molecule has 27 heavy (non-hydrogen) atoms. The number of nitrogens with zero attached hydrogens (tertiary/aromatic N) is 1. The number of thiocarbonyl (C=S) groups is 1. The number of furan rings is 1. The number of benzene rings is 1. The van der Waals surface area contributed by atoms with E-state index < -0.39 is 12.1 Å². The van der Waals surface area contributed by atoms with Gasteiger partial charge in [-0.15, -0.1) is 0 Å². The van der Waals surface area contributed by atoms with Crippen LogP contribution in [-0.2, 0) is 16.1 Å². The number of ether oxygens (including phenoxy) is 1. The minimum absolute atomic E-state index is 0.221. The fourth-order valence-electron chi connectivity index (χ4n) is 2.50. The van der Waals surface area contributed by atoms with Crippen LogP contribution in [-0.4, -0.2) is 32.3 Å². The molecule has 1 aromatic heterocycles. The lowest BCUT2D eigenvalue weighted by Gasteiger charge is -2.15. The van der Waals surface area contributed by atoms with Gasteiger partial charge in [-0.3, -0.25) is 9.69 Å². The fraction of sp³-hybridized carbons (Fsp3) is 0.211. The van der Waals surface area contributed by atoms with Crippen LogP contribution in [0.15, 0.2) is 52.0 Å². The summed E-state index contributed by atoms with van der Waals surface area (Å²) in [5.74, 6) is -0.204. The second kappa shape index (κ2) is 8.41. The highest BCUT2D eigenvalue weighted by molar-refractivity contribution is 8.26. The van der Waals surface area contributed by atoms with E-state index in [9.17, 15) is 14.7 Å². The monoisotopic (exact) mass is 403 g/mol. The zero-order valence-electron chi connectivity index (χ0n) is 14.5. The predicted molar refractivity (Wildman–Crippen MR) is 106 cm³/mol. The quantitative estimate of drug-likeness (QED) is 0.554. The molecule has 1 N–H and O–H groups in total. The Kier molecular flexibility index (Phi) is 5.98. The summed E-state index contributed by atoms with van der Waals surface area (Å²) in [6, 6.07) is 10.5. The predicted octanol–water partition coefficient (Wildman–Crippen LogP) is 3.92. The molecular weight excluding hydrogens is 386 g/mol. The lowest BCUT2D eigenvalue weighted by Crippen LogP contribution is -2.27. The summed E-state index contributed by atoms with van der Waals surface area (Å²) in [5, 5.41) is 9.21. The second-order valence-corrected chi connectivity index (χ2v) is 7.41. The van der Waals surface area contributed by atoms with Crippen LogP contribution < -0.4 is 4.74 Å². The van der Waals surface area contributed by atoms with Gasteiger partial charge in [-0.2, -0.15) is 0 Å². The third-order valence-electron chi connectivity index (χ3n) is 3.89. The summed E-state index contributed by atoms with van der Waals surface area (Å²) in [7, 11) is 0. The van der Waals surface area contributed by atoms with Crippen molar-refractivity contribution in [1.82, 2.24) is 4.90 Å². The van der Waals surface area contributed by atoms with Crippen LogP contribution in [0, 0.1) is 0 Å². The van der Waals surface area contributed by atoms with E-state index in [1.54, 1.807) is 55.7 Å². The van der Waals surface area contributed by atoms with E-state index in [2.05, 4.69) is 0 Å². The Labute approximate surface area is 165 Å². The molecule has 1 atom stereocenters. The number of carbonyl (C=O) groups excluding carboxylic acids is 1. The van der Waals surface area contributed by atoms with Gasteiger partial charge in [0.05, 0.1) is 17.7 Å². The van der Waals surface area contributed by atoms with Crippen LogP contribution in [0.1, 0.15) is 24.7 Å². The van der Waals surface area contributed by atoms with Crippen LogP contribution in [0.2, 0.25) is 0 Å². The first-order chi connectivity index (χ1) is 13.0. The van der Waals surface area contributed by atoms with Gasteiger partial charge >= 0.3 is 5.97 Å². The normalized spacial score (nSPS) is 16.8. The third kappa shape index (κ3) is 4.40. The summed E-state index contributed by atoms with van der Waals surface area (Å²) in [5.41, 5.74) is 0.621. The van der Waals surface area contributed by atoms with Crippen molar-refractivity contribution in [2.75, 3.05) is 0 Å². The molecule has 0 spiro atoms. The maximum atomic E-state index is 12.7. The average molecular weight is 403 g/mol. The smallest absolute Gasteiger partial charge is 0.344 e. The van der Waals surface area contributed by atoms with E-state index in [4.69, 9.17) is 21.4 Å². The first-order valence-corrected chi connectivity index (χ1v) is 9.48. The highest BCUT2D eigenvalue weighted by atomic mass is 32.2. The van der Waals surface area contributed by atoms with Crippen molar-refractivity contribution in [3.05, 3.63) is 58.9 Å². The van der Waals surface area contributed by atoms with Crippen molar-refractivity contribution < 1.29 is 23.8 Å². The molecule has 140 valence electrons. The zero-order chi connectivity index (χ0) is 19.4. The molecule has 2 aromatic rings. The van der Waals surface area contributed by atoms with E-state index in [0.29, 0.717) is 32.7 Å². The van der Waals surface area contributed by atoms with Gasteiger partial charge in [0.25, 0.3) is 5.91 Å². The number of aliphatic carboxylic acids is 1. The van der Waals surface area contributed by atoms with Crippen LogP contribution in [0.4, 0.5) is 0 Å². The highest BCUT2D eigenvalue weighted by Crippen LogP contribution is 2.35. The van der Waals surface area contributed by atoms with Crippen molar-refractivity contribution in [2.24, 2.45) is 0 Å². The molecule has 2 heterocycles. The number of amides is 1. The van der Waals surface area contributed by atoms with Gasteiger partial charge in [0.2, 0.25) is 0 Å².